The van der Waals surface area contributed by atoms with Crippen LogP contribution in [-0.2, 0) is 15.1 Å². The van der Waals surface area contributed by atoms with Gasteiger partial charge in [-0.05, 0) is 17.2 Å². The molecule has 162 valence electrons. The zero-order valence-corrected chi connectivity index (χ0v) is 17.0. The molecule has 9 heteroatoms. The molecule has 0 saturated carbocycles. The second kappa shape index (κ2) is 6.32. The second-order valence-electron chi connectivity index (χ2n) is 8.44. The van der Waals surface area contributed by atoms with Crippen LogP contribution in [0.5, 0.6) is 0 Å². The monoisotopic (exact) mass is 441 g/mol. The van der Waals surface area contributed by atoms with E-state index in [1.54, 1.807) is 48.5 Å². The fourth-order valence-electron chi connectivity index (χ4n) is 6.09. The topological polar surface area (TPSA) is 124 Å². The van der Waals surface area contributed by atoms with Crippen molar-refractivity contribution in [2.75, 3.05) is 4.90 Å². The maximum absolute atomic E-state index is 13.8. The summed E-state index contributed by atoms with van der Waals surface area (Å²) in [5.74, 6) is -4.35. The van der Waals surface area contributed by atoms with Crippen molar-refractivity contribution < 1.29 is 19.4 Å². The van der Waals surface area contributed by atoms with Gasteiger partial charge in [0, 0.05) is 28.0 Å². The van der Waals surface area contributed by atoms with Gasteiger partial charge in [0.15, 0.2) is 0 Å². The molecule has 0 spiro atoms. The first-order valence-electron chi connectivity index (χ1n) is 10.3. The smallest absolute Gasteiger partial charge is 0.274 e. The average molecular weight is 441 g/mol. The molecule has 0 unspecified atom stereocenters. The van der Waals surface area contributed by atoms with E-state index in [1.807, 2.05) is 0 Å². The Kier molecular flexibility index (Phi) is 3.69. The van der Waals surface area contributed by atoms with E-state index in [9.17, 15) is 29.8 Å². The first-order valence-corrected chi connectivity index (χ1v) is 10.3. The molecule has 3 aliphatic carbocycles. The first-order chi connectivity index (χ1) is 15.9. The van der Waals surface area contributed by atoms with E-state index in [0.29, 0.717) is 22.3 Å². The van der Waals surface area contributed by atoms with Gasteiger partial charge in [0.1, 0.15) is 11.6 Å². The number of carbonyl (C=O) groups excluding carboxylic acids is 2. The molecule has 7 rings (SSSR count). The molecular weight excluding hydrogens is 426 g/mol. The number of nitrogens with zero attached hydrogens (tertiary/aromatic N) is 3. The zero-order valence-electron chi connectivity index (χ0n) is 17.0. The predicted molar refractivity (Wildman–Crippen MR) is 115 cm³/mol. The van der Waals surface area contributed by atoms with E-state index in [1.165, 1.54) is 24.3 Å². The molecule has 2 bridgehead atoms. The maximum Gasteiger partial charge on any atom is 0.293 e. The quantitative estimate of drug-likeness (QED) is 0.349. The molecule has 9 nitrogen and oxygen atoms in total. The summed E-state index contributed by atoms with van der Waals surface area (Å²) in [6, 6.07) is 19.1. The highest BCUT2D eigenvalue weighted by Crippen LogP contribution is 2.64. The third kappa shape index (κ3) is 2.11. The van der Waals surface area contributed by atoms with Gasteiger partial charge in [0.25, 0.3) is 11.2 Å². The second-order valence-corrected chi connectivity index (χ2v) is 8.44. The highest BCUT2D eigenvalue weighted by Gasteiger charge is 2.75. The fourth-order valence-corrected chi connectivity index (χ4v) is 6.09. The fraction of sp³-hybridized carbons (Fsp3) is 0.167. The SMILES string of the molecule is O=C1[C@@H]2[C@@H](C(=O)N1c1ccccc1[N+](=O)[O-])C1c3ccccc3C2([N+](=O)[O-])c2ccccc21. The van der Waals surface area contributed by atoms with Crippen molar-refractivity contribution in [3.05, 3.63) is 115 Å². The van der Waals surface area contributed by atoms with E-state index in [-0.39, 0.29) is 5.69 Å². The number of para-hydroxylation sites is 2. The third-order valence-corrected chi connectivity index (χ3v) is 7.18. The Labute approximate surface area is 186 Å². The van der Waals surface area contributed by atoms with Gasteiger partial charge in [-0.1, -0.05) is 60.7 Å². The van der Waals surface area contributed by atoms with Gasteiger partial charge in [-0.3, -0.25) is 29.8 Å². The number of imide groups is 1. The van der Waals surface area contributed by atoms with Crippen molar-refractivity contribution in [1.29, 1.82) is 0 Å². The van der Waals surface area contributed by atoms with Gasteiger partial charge in [-0.25, -0.2) is 4.90 Å². The Morgan fingerprint density at radius 1 is 0.758 bits per heavy atom. The summed E-state index contributed by atoms with van der Waals surface area (Å²) in [6.45, 7) is 0. The first kappa shape index (κ1) is 19.3. The van der Waals surface area contributed by atoms with E-state index >= 15 is 0 Å². The lowest BCUT2D eigenvalue weighted by atomic mass is 9.51. The Hall–Kier alpha value is -4.40. The van der Waals surface area contributed by atoms with Crippen LogP contribution in [0.1, 0.15) is 28.2 Å². The minimum atomic E-state index is -1.96. The summed E-state index contributed by atoms with van der Waals surface area (Å²) in [5.41, 5.74) is -0.471. The van der Waals surface area contributed by atoms with Crippen molar-refractivity contribution in [2.45, 2.75) is 11.5 Å². The Morgan fingerprint density at radius 2 is 1.30 bits per heavy atom. The average Bonchev–Trinajstić information content (AvgIpc) is 3.09. The molecule has 4 aliphatic rings. The lowest BCUT2D eigenvalue weighted by molar-refractivity contribution is -0.578. The number of nitro groups is 2. The zero-order chi connectivity index (χ0) is 23.1. The van der Waals surface area contributed by atoms with Gasteiger partial charge in [-0.2, -0.15) is 0 Å². The number of hydrogen-bond donors (Lipinski definition) is 0. The highest BCUT2D eigenvalue weighted by atomic mass is 16.6. The summed E-state index contributed by atoms with van der Waals surface area (Å²) in [4.78, 5) is 51.7. The van der Waals surface area contributed by atoms with Crippen molar-refractivity contribution in [1.82, 2.24) is 0 Å². The molecule has 0 N–H and O–H groups in total. The van der Waals surface area contributed by atoms with Crippen LogP contribution < -0.4 is 4.90 Å². The van der Waals surface area contributed by atoms with Crippen molar-refractivity contribution in [3.63, 3.8) is 0 Å². The van der Waals surface area contributed by atoms with Crippen LogP contribution in [0, 0.1) is 32.1 Å². The minimum absolute atomic E-state index is 0.169. The molecule has 3 aromatic rings. The normalized spacial score (nSPS) is 26.5. The number of anilines is 1. The van der Waals surface area contributed by atoms with Crippen molar-refractivity contribution >= 4 is 23.2 Å². The van der Waals surface area contributed by atoms with Crippen molar-refractivity contribution in [3.8, 4) is 0 Å². The Bertz CT molecular complexity index is 1370. The van der Waals surface area contributed by atoms with Gasteiger partial charge in [0.05, 0.1) is 10.8 Å². The van der Waals surface area contributed by atoms with Gasteiger partial charge in [0.2, 0.25) is 11.8 Å². The minimum Gasteiger partial charge on any atom is -0.274 e. The number of benzene rings is 3. The summed E-state index contributed by atoms with van der Waals surface area (Å²) in [5, 5.41) is 24.5. The van der Waals surface area contributed by atoms with E-state index in [0.717, 1.165) is 4.90 Å². The van der Waals surface area contributed by atoms with Gasteiger partial charge in [-0.15, -0.1) is 0 Å². The Morgan fingerprint density at radius 3 is 1.88 bits per heavy atom. The standard InChI is InChI=1S/C24H15N3O6/c28-22-20-19-13-7-1-3-9-15(13)24(27(32)33,16-10-4-2-8-14(16)19)21(20)23(29)25(22)17-11-5-6-12-18(17)26(30)31/h1-12,19-21H/t19?,20-,21-,24?/m0/s1. The molecule has 2 amide bonds. The van der Waals surface area contributed by atoms with Crippen LogP contribution in [0.15, 0.2) is 72.8 Å². The molecule has 0 aromatic heterocycles. The number of rotatable bonds is 3. The van der Waals surface area contributed by atoms with Gasteiger partial charge >= 0.3 is 0 Å². The Balaban J connectivity index is 1.67. The molecule has 33 heavy (non-hydrogen) atoms. The molecule has 1 aliphatic heterocycles. The summed E-state index contributed by atoms with van der Waals surface area (Å²) < 4.78 is 0. The van der Waals surface area contributed by atoms with E-state index < -0.39 is 50.6 Å². The summed E-state index contributed by atoms with van der Waals surface area (Å²) >= 11 is 0. The predicted octanol–water partition coefficient (Wildman–Crippen LogP) is 3.38. The number of nitro benzene ring substituents is 1. The summed E-state index contributed by atoms with van der Waals surface area (Å²) in [6.07, 6.45) is 0. The highest BCUT2D eigenvalue weighted by molar-refractivity contribution is 6.24. The molecule has 1 heterocycles. The summed E-state index contributed by atoms with van der Waals surface area (Å²) in [7, 11) is 0. The number of amides is 2. The van der Waals surface area contributed by atoms with Crippen LogP contribution in [-0.4, -0.2) is 21.7 Å². The molecule has 3 aromatic carbocycles. The lowest BCUT2D eigenvalue weighted by Gasteiger charge is -2.48. The van der Waals surface area contributed by atoms with E-state index in [4.69, 9.17) is 0 Å². The van der Waals surface area contributed by atoms with Crippen molar-refractivity contribution in [2.24, 2.45) is 11.8 Å². The van der Waals surface area contributed by atoms with Crippen LogP contribution in [0.3, 0.4) is 0 Å². The molecule has 0 radical (unpaired) electrons. The maximum atomic E-state index is 13.8. The number of hydrogen-bond acceptors (Lipinski definition) is 6. The lowest BCUT2D eigenvalue weighted by Crippen LogP contribution is -2.57. The molecule has 2 atom stereocenters. The van der Waals surface area contributed by atoms with Crippen LogP contribution in [0.4, 0.5) is 11.4 Å². The third-order valence-electron chi connectivity index (χ3n) is 7.18. The molecular formula is C24H15N3O6. The van der Waals surface area contributed by atoms with Crippen LogP contribution in [0.25, 0.3) is 0 Å². The number of carbonyl (C=O) groups is 2. The van der Waals surface area contributed by atoms with E-state index in [2.05, 4.69) is 0 Å². The van der Waals surface area contributed by atoms with Gasteiger partial charge < -0.3 is 0 Å². The molecule has 1 saturated heterocycles. The largest absolute Gasteiger partial charge is 0.293 e. The molecule has 1 fully saturated rings. The van der Waals surface area contributed by atoms with Crippen LogP contribution in [0.2, 0.25) is 0 Å². The van der Waals surface area contributed by atoms with Crippen LogP contribution >= 0.6 is 0 Å².